The van der Waals surface area contributed by atoms with Crippen molar-refractivity contribution in [3.63, 3.8) is 0 Å². The van der Waals surface area contributed by atoms with Gasteiger partial charge in [-0.25, -0.2) is 0 Å². The highest BCUT2D eigenvalue weighted by molar-refractivity contribution is 5.87. The van der Waals surface area contributed by atoms with Crippen LogP contribution in [0, 0.1) is 12.3 Å². The number of terminal acetylenes is 1. The van der Waals surface area contributed by atoms with Gasteiger partial charge in [-0.15, -0.1) is 6.42 Å². The molecule has 1 saturated heterocycles. The molecule has 0 saturated carbocycles. The minimum atomic E-state index is -0.0159. The van der Waals surface area contributed by atoms with E-state index in [1.165, 1.54) is 12.8 Å². The van der Waals surface area contributed by atoms with Gasteiger partial charge in [0.15, 0.2) is 0 Å². The molecule has 4 heteroatoms. The Morgan fingerprint density at radius 1 is 1.61 bits per heavy atom. The van der Waals surface area contributed by atoms with Gasteiger partial charge in [-0.2, -0.15) is 0 Å². The van der Waals surface area contributed by atoms with Gasteiger partial charge in [-0.3, -0.25) is 9.69 Å². The van der Waals surface area contributed by atoms with E-state index in [2.05, 4.69) is 16.6 Å². The van der Waals surface area contributed by atoms with E-state index in [9.17, 15) is 4.79 Å². The zero-order chi connectivity index (χ0) is 13.2. The van der Waals surface area contributed by atoms with E-state index < -0.39 is 0 Å². The lowest BCUT2D eigenvalue weighted by Gasteiger charge is -2.15. The van der Waals surface area contributed by atoms with E-state index in [1.54, 1.807) is 6.08 Å². The predicted octanol–water partition coefficient (Wildman–Crippen LogP) is 0.366. The molecule has 4 nitrogen and oxygen atoms in total. The lowest BCUT2D eigenvalue weighted by molar-refractivity contribution is -0.117. The fourth-order valence-electron chi connectivity index (χ4n) is 1.95. The van der Waals surface area contributed by atoms with Crippen molar-refractivity contribution in [3.8, 4) is 12.3 Å². The van der Waals surface area contributed by atoms with E-state index in [1.807, 2.05) is 18.0 Å². The largest absolute Gasteiger partial charge is 0.349 e. The highest BCUT2D eigenvalue weighted by Gasteiger charge is 2.12. The summed E-state index contributed by atoms with van der Waals surface area (Å²) in [6, 6.07) is 0.257. The van der Waals surface area contributed by atoms with Crippen LogP contribution in [0.25, 0.3) is 0 Å². The van der Waals surface area contributed by atoms with Gasteiger partial charge in [0.2, 0.25) is 5.91 Å². The Labute approximate surface area is 110 Å². The Bertz CT molecular complexity index is 311. The standard InChI is InChI=1S/C14H23N3O/c1-3-10-17(2)11-6-8-14(18)16-13-7-4-5-9-15-12-13/h1,6,8,13,15H,4-5,7,9-12H2,2H3,(H,16,18)/b8-6+/t13-/m0/s1. The van der Waals surface area contributed by atoms with Gasteiger partial charge in [0.25, 0.3) is 0 Å². The molecule has 0 aromatic rings. The summed E-state index contributed by atoms with van der Waals surface area (Å²) < 4.78 is 0. The van der Waals surface area contributed by atoms with Gasteiger partial charge in [0, 0.05) is 25.2 Å². The minimum Gasteiger partial charge on any atom is -0.349 e. The molecule has 1 aliphatic heterocycles. The third-order valence-electron chi connectivity index (χ3n) is 2.94. The maximum absolute atomic E-state index is 11.7. The normalized spacial score (nSPS) is 20.6. The molecule has 1 rings (SSSR count). The highest BCUT2D eigenvalue weighted by Crippen LogP contribution is 2.03. The van der Waals surface area contributed by atoms with Crippen LogP contribution in [0.5, 0.6) is 0 Å². The fourth-order valence-corrected chi connectivity index (χ4v) is 1.95. The second-order valence-corrected chi connectivity index (χ2v) is 4.71. The van der Waals surface area contributed by atoms with Gasteiger partial charge >= 0.3 is 0 Å². The number of nitrogens with one attached hydrogen (secondary N) is 2. The van der Waals surface area contributed by atoms with Crippen molar-refractivity contribution in [2.45, 2.75) is 25.3 Å². The highest BCUT2D eigenvalue weighted by atomic mass is 16.1. The van der Waals surface area contributed by atoms with Gasteiger partial charge < -0.3 is 10.6 Å². The SMILES string of the molecule is C#CCN(C)C/C=C/C(=O)N[C@H]1CCCCNC1. The Kier molecular flexibility index (Phi) is 7.16. The molecule has 1 fully saturated rings. The zero-order valence-electron chi connectivity index (χ0n) is 11.1. The molecular weight excluding hydrogens is 226 g/mol. The number of amides is 1. The van der Waals surface area contributed by atoms with Crippen molar-refractivity contribution in [2.24, 2.45) is 0 Å². The number of carbonyl (C=O) groups is 1. The van der Waals surface area contributed by atoms with E-state index in [0.717, 1.165) is 19.5 Å². The van der Waals surface area contributed by atoms with Crippen LogP contribution < -0.4 is 10.6 Å². The van der Waals surface area contributed by atoms with Crippen molar-refractivity contribution >= 4 is 5.91 Å². The summed E-state index contributed by atoms with van der Waals surface area (Å²) in [6.07, 6.45) is 12.1. The summed E-state index contributed by atoms with van der Waals surface area (Å²) in [5.74, 6) is 2.55. The summed E-state index contributed by atoms with van der Waals surface area (Å²) >= 11 is 0. The van der Waals surface area contributed by atoms with Crippen LogP contribution in [0.3, 0.4) is 0 Å². The molecule has 0 bridgehead atoms. The molecule has 100 valence electrons. The molecule has 0 unspecified atom stereocenters. The number of carbonyl (C=O) groups excluding carboxylic acids is 1. The third-order valence-corrected chi connectivity index (χ3v) is 2.94. The van der Waals surface area contributed by atoms with Crippen LogP contribution in [0.15, 0.2) is 12.2 Å². The smallest absolute Gasteiger partial charge is 0.243 e. The summed E-state index contributed by atoms with van der Waals surface area (Å²) in [5.41, 5.74) is 0. The Hall–Kier alpha value is -1.31. The molecule has 0 radical (unpaired) electrons. The summed E-state index contributed by atoms with van der Waals surface area (Å²) in [4.78, 5) is 13.6. The first-order valence-electron chi connectivity index (χ1n) is 6.52. The summed E-state index contributed by atoms with van der Waals surface area (Å²) in [6.45, 7) is 3.22. The average molecular weight is 249 g/mol. The third kappa shape index (κ3) is 6.43. The molecule has 1 heterocycles. The molecule has 0 aromatic carbocycles. The molecular formula is C14H23N3O. The molecule has 0 spiro atoms. The quantitative estimate of drug-likeness (QED) is 0.546. The molecule has 1 atom stereocenters. The van der Waals surface area contributed by atoms with E-state index >= 15 is 0 Å². The van der Waals surface area contributed by atoms with E-state index in [0.29, 0.717) is 13.1 Å². The zero-order valence-corrected chi connectivity index (χ0v) is 11.1. The summed E-state index contributed by atoms with van der Waals surface area (Å²) in [7, 11) is 1.93. The van der Waals surface area contributed by atoms with Gasteiger partial charge in [-0.1, -0.05) is 18.4 Å². The van der Waals surface area contributed by atoms with E-state index in [-0.39, 0.29) is 11.9 Å². The Morgan fingerprint density at radius 2 is 2.44 bits per heavy atom. The first-order chi connectivity index (χ1) is 8.72. The number of nitrogens with zero attached hydrogens (tertiary/aromatic N) is 1. The van der Waals surface area contributed by atoms with Crippen molar-refractivity contribution in [1.29, 1.82) is 0 Å². The second-order valence-electron chi connectivity index (χ2n) is 4.71. The number of hydrogen-bond acceptors (Lipinski definition) is 3. The summed E-state index contributed by atoms with van der Waals surface area (Å²) in [5, 5.41) is 6.34. The molecule has 18 heavy (non-hydrogen) atoms. The first kappa shape index (κ1) is 14.7. The van der Waals surface area contributed by atoms with Crippen LogP contribution in [-0.2, 0) is 4.79 Å². The van der Waals surface area contributed by atoms with Crippen molar-refractivity contribution in [2.75, 3.05) is 33.2 Å². The molecule has 0 aromatic heterocycles. The average Bonchev–Trinajstić information content (AvgIpc) is 2.58. The second kappa shape index (κ2) is 8.73. The van der Waals surface area contributed by atoms with Crippen LogP contribution in [0.2, 0.25) is 0 Å². The van der Waals surface area contributed by atoms with Crippen LogP contribution in [0.4, 0.5) is 0 Å². The fraction of sp³-hybridized carbons (Fsp3) is 0.643. The van der Waals surface area contributed by atoms with E-state index in [4.69, 9.17) is 6.42 Å². The Morgan fingerprint density at radius 3 is 3.22 bits per heavy atom. The minimum absolute atomic E-state index is 0.0159. The van der Waals surface area contributed by atoms with Crippen LogP contribution in [-0.4, -0.2) is 50.1 Å². The lowest BCUT2D eigenvalue weighted by Crippen LogP contribution is -2.40. The first-order valence-corrected chi connectivity index (χ1v) is 6.52. The molecule has 1 amide bonds. The molecule has 0 aliphatic carbocycles. The van der Waals surface area contributed by atoms with Gasteiger partial charge in [0.1, 0.15) is 0 Å². The molecule has 2 N–H and O–H groups in total. The van der Waals surface area contributed by atoms with Crippen molar-refractivity contribution in [1.82, 2.24) is 15.5 Å². The number of rotatable bonds is 5. The van der Waals surface area contributed by atoms with Crippen molar-refractivity contribution < 1.29 is 4.79 Å². The van der Waals surface area contributed by atoms with Crippen LogP contribution in [0.1, 0.15) is 19.3 Å². The van der Waals surface area contributed by atoms with Crippen LogP contribution >= 0.6 is 0 Å². The number of hydrogen-bond donors (Lipinski definition) is 2. The maximum Gasteiger partial charge on any atom is 0.243 e. The Balaban J connectivity index is 2.23. The topological polar surface area (TPSA) is 44.4 Å². The lowest BCUT2D eigenvalue weighted by atomic mass is 10.1. The number of likely N-dealkylation sites (N-methyl/N-ethyl adjacent to an activating group) is 1. The predicted molar refractivity (Wildman–Crippen MR) is 74.1 cm³/mol. The maximum atomic E-state index is 11.7. The van der Waals surface area contributed by atoms with Gasteiger partial charge in [-0.05, 0) is 26.4 Å². The monoisotopic (exact) mass is 249 g/mol. The van der Waals surface area contributed by atoms with Gasteiger partial charge in [0.05, 0.1) is 6.54 Å². The molecule has 1 aliphatic rings. The van der Waals surface area contributed by atoms with Crippen molar-refractivity contribution in [3.05, 3.63) is 12.2 Å².